The molecule has 3 aromatic carbocycles. The normalized spacial score (nSPS) is 14.2. The highest BCUT2D eigenvalue weighted by Crippen LogP contribution is 2.29. The van der Waals surface area contributed by atoms with E-state index in [2.05, 4.69) is 55.0 Å². The molecule has 1 aliphatic rings. The fourth-order valence-electron chi connectivity index (χ4n) is 4.07. The average molecular weight is 422 g/mol. The molecular weight excluding hydrogens is 400 g/mol. The van der Waals surface area contributed by atoms with Gasteiger partial charge in [0.1, 0.15) is 16.9 Å². The topological polar surface area (TPSA) is 79.1 Å². The lowest BCUT2D eigenvalue weighted by molar-refractivity contribution is 0.589. The number of furan rings is 1. The summed E-state index contributed by atoms with van der Waals surface area (Å²) in [6, 6.07) is 24.3. The number of aromatic nitrogens is 3. The summed E-state index contributed by atoms with van der Waals surface area (Å²) in [7, 11) is 0. The van der Waals surface area contributed by atoms with E-state index < -0.39 is 0 Å². The van der Waals surface area contributed by atoms with Crippen LogP contribution in [0.25, 0.3) is 33.3 Å². The van der Waals surface area contributed by atoms with Gasteiger partial charge in [0.2, 0.25) is 5.95 Å². The molecule has 0 aliphatic carbocycles. The molecule has 0 amide bonds. The number of nitrogens with zero attached hydrogens (tertiary/aromatic N) is 4. The molecule has 0 saturated carbocycles. The number of rotatable bonds is 4. The van der Waals surface area contributed by atoms with Gasteiger partial charge < -0.3 is 20.0 Å². The first-order chi connectivity index (χ1) is 15.8. The van der Waals surface area contributed by atoms with Crippen LogP contribution in [0.3, 0.4) is 0 Å². The smallest absolute Gasteiger partial charge is 0.247 e. The molecule has 32 heavy (non-hydrogen) atoms. The zero-order chi connectivity index (χ0) is 21.3. The first kappa shape index (κ1) is 18.8. The number of hydrogen-bond acceptors (Lipinski definition) is 7. The number of para-hydroxylation sites is 1. The molecule has 0 bridgehead atoms. The van der Waals surface area contributed by atoms with Crippen molar-refractivity contribution in [3.05, 3.63) is 72.8 Å². The van der Waals surface area contributed by atoms with Crippen LogP contribution in [0.4, 0.5) is 17.3 Å². The minimum absolute atomic E-state index is 0.467. The molecule has 1 fully saturated rings. The van der Waals surface area contributed by atoms with E-state index in [0.29, 0.717) is 5.95 Å². The van der Waals surface area contributed by atoms with E-state index in [0.717, 1.165) is 65.2 Å². The molecule has 158 valence electrons. The fourth-order valence-corrected chi connectivity index (χ4v) is 4.07. The van der Waals surface area contributed by atoms with E-state index in [9.17, 15) is 0 Å². The van der Waals surface area contributed by atoms with Gasteiger partial charge in [0.25, 0.3) is 0 Å². The molecule has 6 rings (SSSR count). The molecule has 5 aromatic rings. The van der Waals surface area contributed by atoms with Gasteiger partial charge in [-0.25, -0.2) is 4.98 Å². The van der Waals surface area contributed by atoms with Crippen LogP contribution in [0.15, 0.2) is 77.2 Å². The van der Waals surface area contributed by atoms with Crippen molar-refractivity contribution in [2.75, 3.05) is 36.4 Å². The van der Waals surface area contributed by atoms with Gasteiger partial charge in [-0.15, -0.1) is 10.2 Å². The molecule has 0 radical (unpaired) electrons. The number of benzene rings is 3. The largest absolute Gasteiger partial charge is 0.456 e. The summed E-state index contributed by atoms with van der Waals surface area (Å²) in [5, 5.41) is 16.3. The van der Waals surface area contributed by atoms with Crippen LogP contribution < -0.4 is 15.5 Å². The third-order valence-corrected chi connectivity index (χ3v) is 5.77. The van der Waals surface area contributed by atoms with Crippen molar-refractivity contribution >= 4 is 39.3 Å². The molecule has 7 heteroatoms. The Labute approximate surface area is 185 Å². The molecule has 1 aliphatic heterocycles. The number of anilines is 3. The van der Waals surface area contributed by atoms with Gasteiger partial charge in [-0.05, 0) is 54.6 Å². The Morgan fingerprint density at radius 2 is 1.69 bits per heavy atom. The van der Waals surface area contributed by atoms with Crippen LogP contribution in [0.5, 0.6) is 0 Å². The van der Waals surface area contributed by atoms with E-state index >= 15 is 0 Å². The Kier molecular flexibility index (Phi) is 4.66. The highest BCUT2D eigenvalue weighted by molar-refractivity contribution is 5.86. The third kappa shape index (κ3) is 3.63. The maximum absolute atomic E-state index is 6.00. The Morgan fingerprint density at radius 3 is 2.53 bits per heavy atom. The zero-order valence-electron chi connectivity index (χ0n) is 17.5. The second-order valence-electron chi connectivity index (χ2n) is 7.90. The van der Waals surface area contributed by atoms with Gasteiger partial charge in [-0.2, -0.15) is 0 Å². The second-order valence-corrected chi connectivity index (χ2v) is 7.90. The van der Waals surface area contributed by atoms with Crippen molar-refractivity contribution in [1.82, 2.24) is 20.5 Å². The minimum atomic E-state index is 0.467. The second kappa shape index (κ2) is 7.94. The van der Waals surface area contributed by atoms with E-state index in [1.54, 1.807) is 0 Å². The van der Waals surface area contributed by atoms with Crippen molar-refractivity contribution in [1.29, 1.82) is 0 Å². The van der Waals surface area contributed by atoms with Crippen LogP contribution >= 0.6 is 0 Å². The van der Waals surface area contributed by atoms with Gasteiger partial charge >= 0.3 is 0 Å². The minimum Gasteiger partial charge on any atom is -0.456 e. The Bertz CT molecular complexity index is 1360. The van der Waals surface area contributed by atoms with Gasteiger partial charge in [-0.3, -0.25) is 0 Å². The lowest BCUT2D eigenvalue weighted by atomic mass is 10.1. The summed E-state index contributed by atoms with van der Waals surface area (Å²) in [4.78, 5) is 7.06. The lowest BCUT2D eigenvalue weighted by Gasteiger charge is -2.29. The molecule has 3 heterocycles. The number of nitrogens with one attached hydrogen (secondary N) is 2. The Hall–Kier alpha value is -3.97. The molecule has 0 unspecified atom stereocenters. The van der Waals surface area contributed by atoms with Gasteiger partial charge in [0.15, 0.2) is 0 Å². The molecule has 7 nitrogen and oxygen atoms in total. The monoisotopic (exact) mass is 422 g/mol. The number of piperazine rings is 1. The molecule has 1 saturated heterocycles. The summed E-state index contributed by atoms with van der Waals surface area (Å²) >= 11 is 0. The number of fused-ring (bicyclic) bond motifs is 2. The van der Waals surface area contributed by atoms with E-state index in [1.165, 1.54) is 5.69 Å². The average Bonchev–Trinajstić information content (AvgIpc) is 3.29. The number of hydrogen-bond donors (Lipinski definition) is 2. The summed E-state index contributed by atoms with van der Waals surface area (Å²) in [5.41, 5.74) is 5.49. The summed E-state index contributed by atoms with van der Waals surface area (Å²) in [6.07, 6.45) is 0. The third-order valence-electron chi connectivity index (χ3n) is 5.77. The quantitative estimate of drug-likeness (QED) is 0.438. The van der Waals surface area contributed by atoms with Crippen molar-refractivity contribution in [2.45, 2.75) is 0 Å². The highest BCUT2D eigenvalue weighted by atomic mass is 16.3. The molecule has 2 N–H and O–H groups in total. The van der Waals surface area contributed by atoms with Gasteiger partial charge in [0.05, 0.1) is 5.52 Å². The van der Waals surface area contributed by atoms with E-state index in [4.69, 9.17) is 4.42 Å². The predicted molar refractivity (Wildman–Crippen MR) is 127 cm³/mol. The maximum atomic E-state index is 6.00. The standard InChI is InChI=1S/C25H22N6O/c1-2-4-23-17(3-1)16-24(32-23)18-5-10-21-22(15-18)28-25(30-29-21)27-19-6-8-20(9-7-19)31-13-11-26-12-14-31/h1-10,15-16,26H,11-14H2,(H,27,28,30). The summed E-state index contributed by atoms with van der Waals surface area (Å²) < 4.78 is 6.00. The van der Waals surface area contributed by atoms with Gasteiger partial charge in [-0.1, -0.05) is 18.2 Å². The molecular formula is C25H22N6O. The van der Waals surface area contributed by atoms with Crippen LogP contribution in [0.1, 0.15) is 0 Å². The maximum Gasteiger partial charge on any atom is 0.247 e. The zero-order valence-corrected chi connectivity index (χ0v) is 17.5. The molecule has 0 atom stereocenters. The van der Waals surface area contributed by atoms with E-state index in [1.807, 2.05) is 48.5 Å². The molecule has 0 spiro atoms. The summed E-state index contributed by atoms with van der Waals surface area (Å²) in [5.74, 6) is 1.28. The van der Waals surface area contributed by atoms with Crippen LogP contribution in [0.2, 0.25) is 0 Å². The van der Waals surface area contributed by atoms with Crippen LogP contribution in [0, 0.1) is 0 Å². The summed E-state index contributed by atoms with van der Waals surface area (Å²) in [6.45, 7) is 4.09. The van der Waals surface area contributed by atoms with Crippen molar-refractivity contribution in [2.24, 2.45) is 0 Å². The Balaban J connectivity index is 1.26. The predicted octanol–water partition coefficient (Wildman–Crippen LogP) is 4.59. The highest BCUT2D eigenvalue weighted by Gasteiger charge is 2.11. The molecule has 2 aromatic heterocycles. The lowest BCUT2D eigenvalue weighted by Crippen LogP contribution is -2.43. The van der Waals surface area contributed by atoms with Crippen molar-refractivity contribution in [3.63, 3.8) is 0 Å². The van der Waals surface area contributed by atoms with Crippen molar-refractivity contribution < 1.29 is 4.42 Å². The van der Waals surface area contributed by atoms with E-state index in [-0.39, 0.29) is 0 Å². The SMILES string of the molecule is c1ccc2oc(-c3ccc4nnc(Nc5ccc(N6CCNCC6)cc5)nc4c3)cc2c1. The fraction of sp³-hybridized carbons (Fsp3) is 0.160. The first-order valence-corrected chi connectivity index (χ1v) is 10.8. The van der Waals surface area contributed by atoms with Crippen molar-refractivity contribution in [3.8, 4) is 11.3 Å². The Morgan fingerprint density at radius 1 is 0.844 bits per heavy atom. The first-order valence-electron chi connectivity index (χ1n) is 10.8. The van der Waals surface area contributed by atoms with Crippen LogP contribution in [-0.4, -0.2) is 41.4 Å². The van der Waals surface area contributed by atoms with Gasteiger partial charge in [0, 0.05) is 48.5 Å². The van der Waals surface area contributed by atoms with Crippen LogP contribution in [-0.2, 0) is 0 Å².